The van der Waals surface area contributed by atoms with Gasteiger partial charge >= 0.3 is 6.18 Å². The van der Waals surface area contributed by atoms with Crippen molar-refractivity contribution in [3.8, 4) is 0 Å². The van der Waals surface area contributed by atoms with Crippen molar-refractivity contribution < 1.29 is 35.6 Å². The van der Waals surface area contributed by atoms with Gasteiger partial charge in [-0.15, -0.1) is 0 Å². The molecular formula is C28H33F4N3O4S. The summed E-state index contributed by atoms with van der Waals surface area (Å²) < 4.78 is 79.8. The van der Waals surface area contributed by atoms with Gasteiger partial charge in [-0.05, 0) is 88.3 Å². The summed E-state index contributed by atoms with van der Waals surface area (Å²) in [5.41, 5.74) is 2.80. The van der Waals surface area contributed by atoms with Crippen LogP contribution in [0.2, 0.25) is 0 Å². The van der Waals surface area contributed by atoms with Crippen LogP contribution >= 0.6 is 0 Å². The molecule has 0 aromatic heterocycles. The standard InChI is InChI=1S/C28H33F4N3O4S/c1-26(2,3)34-22-11-9-18(40(4,38)39)15-20(22)24(36)35-13-5-12-27(35,25(33)37)23(16-6-7-16)19-10-8-17(14-21(19)29)28(30,31)32/h8-11,14-16,23,34H,5-7,12-13H2,1-4H3,(H2,33,37)/t23-,27+/m1/s1. The number of carbonyl (C=O) groups is 2. The fourth-order valence-electron chi connectivity index (χ4n) is 5.73. The Balaban J connectivity index is 1.87. The number of nitrogens with two attached hydrogens (primary N) is 1. The van der Waals surface area contributed by atoms with Crippen molar-refractivity contribution in [3.05, 3.63) is 58.9 Å². The van der Waals surface area contributed by atoms with E-state index in [9.17, 15) is 31.2 Å². The first-order chi connectivity index (χ1) is 18.4. The minimum atomic E-state index is -4.76. The number of likely N-dealkylation sites (tertiary alicyclic amines) is 1. The van der Waals surface area contributed by atoms with Gasteiger partial charge in [0.2, 0.25) is 5.91 Å². The van der Waals surface area contributed by atoms with Crippen LogP contribution in [0.3, 0.4) is 0 Å². The number of primary amides is 1. The van der Waals surface area contributed by atoms with E-state index in [2.05, 4.69) is 5.32 Å². The number of hydrogen-bond donors (Lipinski definition) is 2. The zero-order valence-electron chi connectivity index (χ0n) is 22.7. The van der Waals surface area contributed by atoms with E-state index in [4.69, 9.17) is 5.73 Å². The largest absolute Gasteiger partial charge is 0.416 e. The maximum absolute atomic E-state index is 15.4. The van der Waals surface area contributed by atoms with E-state index in [1.807, 2.05) is 20.8 Å². The number of rotatable bonds is 7. The molecule has 0 unspecified atom stereocenters. The summed E-state index contributed by atoms with van der Waals surface area (Å²) >= 11 is 0. The lowest BCUT2D eigenvalue weighted by molar-refractivity contribution is -0.138. The van der Waals surface area contributed by atoms with Gasteiger partial charge in [-0.3, -0.25) is 9.59 Å². The van der Waals surface area contributed by atoms with Crippen LogP contribution in [0.25, 0.3) is 0 Å². The highest BCUT2D eigenvalue weighted by atomic mass is 32.2. The molecule has 2 amide bonds. The molecule has 1 heterocycles. The van der Waals surface area contributed by atoms with Crippen molar-refractivity contribution in [2.45, 2.75) is 74.5 Å². The molecule has 2 fully saturated rings. The molecule has 218 valence electrons. The molecule has 1 saturated carbocycles. The van der Waals surface area contributed by atoms with Crippen molar-refractivity contribution in [3.63, 3.8) is 0 Å². The predicted octanol–water partition coefficient (Wildman–Crippen LogP) is 5.11. The van der Waals surface area contributed by atoms with E-state index in [0.717, 1.165) is 18.4 Å². The highest BCUT2D eigenvalue weighted by molar-refractivity contribution is 7.90. The second-order valence-electron chi connectivity index (χ2n) is 11.8. The fraction of sp³-hybridized carbons (Fsp3) is 0.500. The molecule has 40 heavy (non-hydrogen) atoms. The molecule has 0 radical (unpaired) electrons. The van der Waals surface area contributed by atoms with Crippen LogP contribution in [0.15, 0.2) is 41.3 Å². The van der Waals surface area contributed by atoms with Gasteiger partial charge < -0.3 is 16.0 Å². The van der Waals surface area contributed by atoms with Gasteiger partial charge in [0.1, 0.15) is 11.4 Å². The SMILES string of the molecule is CC(C)(C)Nc1ccc(S(C)(=O)=O)cc1C(=O)N1CCC[C@@]1(C(N)=O)[C@@H](c1ccc(C(F)(F)F)cc1F)C1CC1. The normalized spacial score (nSPS) is 20.9. The van der Waals surface area contributed by atoms with Crippen molar-refractivity contribution >= 4 is 27.3 Å². The van der Waals surface area contributed by atoms with Crippen LogP contribution in [0.4, 0.5) is 23.2 Å². The molecule has 2 aromatic rings. The summed E-state index contributed by atoms with van der Waals surface area (Å²) in [6.45, 7) is 5.63. The summed E-state index contributed by atoms with van der Waals surface area (Å²) in [7, 11) is -3.70. The van der Waals surface area contributed by atoms with Crippen LogP contribution in [0.1, 0.15) is 73.9 Å². The number of halogens is 4. The van der Waals surface area contributed by atoms with Gasteiger partial charge in [0.05, 0.1) is 16.0 Å². The number of carbonyl (C=O) groups excluding carboxylic acids is 2. The molecular weight excluding hydrogens is 550 g/mol. The number of benzene rings is 2. The number of amides is 2. The van der Waals surface area contributed by atoms with Crippen LogP contribution in [0.5, 0.6) is 0 Å². The lowest BCUT2D eigenvalue weighted by Gasteiger charge is -2.43. The van der Waals surface area contributed by atoms with E-state index in [-0.39, 0.29) is 34.9 Å². The Kier molecular flexibility index (Phi) is 7.49. The van der Waals surface area contributed by atoms with E-state index in [1.165, 1.54) is 23.1 Å². The maximum Gasteiger partial charge on any atom is 0.416 e. The second-order valence-corrected chi connectivity index (χ2v) is 13.8. The summed E-state index contributed by atoms with van der Waals surface area (Å²) in [5.74, 6) is -3.94. The van der Waals surface area contributed by atoms with Gasteiger partial charge in [0, 0.05) is 29.9 Å². The number of sulfone groups is 1. The first-order valence-corrected chi connectivity index (χ1v) is 14.9. The van der Waals surface area contributed by atoms with Gasteiger partial charge in [0.15, 0.2) is 9.84 Å². The third kappa shape index (κ3) is 5.68. The number of alkyl halides is 3. The Morgan fingerprint density at radius 3 is 2.25 bits per heavy atom. The molecule has 0 bridgehead atoms. The molecule has 2 aliphatic rings. The number of hydrogen-bond acceptors (Lipinski definition) is 5. The first-order valence-electron chi connectivity index (χ1n) is 13.0. The Morgan fingerprint density at radius 1 is 1.10 bits per heavy atom. The molecule has 1 aliphatic heterocycles. The minimum absolute atomic E-state index is 0.00665. The lowest BCUT2D eigenvalue weighted by Crippen LogP contribution is -2.60. The Bertz CT molecular complexity index is 1450. The Labute approximate surface area is 231 Å². The zero-order chi connectivity index (χ0) is 29.8. The van der Waals surface area contributed by atoms with E-state index >= 15 is 4.39 Å². The molecule has 2 atom stereocenters. The van der Waals surface area contributed by atoms with Crippen LogP contribution in [-0.4, -0.2) is 49.0 Å². The quantitative estimate of drug-likeness (QED) is 0.440. The summed E-state index contributed by atoms with van der Waals surface area (Å²) in [4.78, 5) is 28.7. The number of nitrogens with one attached hydrogen (secondary N) is 1. The number of anilines is 1. The van der Waals surface area contributed by atoms with E-state index < -0.39 is 56.2 Å². The van der Waals surface area contributed by atoms with Gasteiger partial charge in [0.25, 0.3) is 5.91 Å². The number of nitrogens with zero attached hydrogens (tertiary/aromatic N) is 1. The average Bonchev–Trinajstić information content (AvgIpc) is 3.54. The molecule has 7 nitrogen and oxygen atoms in total. The second kappa shape index (κ2) is 10.0. The Morgan fingerprint density at radius 2 is 1.75 bits per heavy atom. The molecule has 1 saturated heterocycles. The van der Waals surface area contributed by atoms with Crippen molar-refractivity contribution in [2.24, 2.45) is 11.7 Å². The predicted molar refractivity (Wildman–Crippen MR) is 142 cm³/mol. The first kappa shape index (κ1) is 29.8. The molecule has 3 N–H and O–H groups in total. The summed E-state index contributed by atoms with van der Waals surface area (Å²) in [5, 5.41) is 3.19. The molecule has 4 rings (SSSR count). The molecule has 1 aliphatic carbocycles. The van der Waals surface area contributed by atoms with E-state index in [0.29, 0.717) is 31.0 Å². The molecule has 0 spiro atoms. The van der Waals surface area contributed by atoms with Gasteiger partial charge in [-0.2, -0.15) is 13.2 Å². The van der Waals surface area contributed by atoms with Crippen LogP contribution < -0.4 is 11.1 Å². The van der Waals surface area contributed by atoms with Crippen molar-refractivity contribution in [2.75, 3.05) is 18.1 Å². The highest BCUT2D eigenvalue weighted by Gasteiger charge is 2.59. The molecule has 2 aromatic carbocycles. The van der Waals surface area contributed by atoms with Crippen LogP contribution in [0, 0.1) is 11.7 Å². The fourth-order valence-corrected chi connectivity index (χ4v) is 6.38. The van der Waals surface area contributed by atoms with E-state index in [1.54, 1.807) is 0 Å². The third-order valence-corrected chi connectivity index (χ3v) is 8.63. The summed E-state index contributed by atoms with van der Waals surface area (Å²) in [6.07, 6.45) is -2.15. The topological polar surface area (TPSA) is 110 Å². The summed E-state index contributed by atoms with van der Waals surface area (Å²) in [6, 6.07) is 6.29. The smallest absolute Gasteiger partial charge is 0.380 e. The van der Waals surface area contributed by atoms with Crippen molar-refractivity contribution in [1.29, 1.82) is 0 Å². The average molecular weight is 584 g/mol. The third-order valence-electron chi connectivity index (χ3n) is 7.52. The zero-order valence-corrected chi connectivity index (χ0v) is 23.5. The van der Waals surface area contributed by atoms with Crippen LogP contribution in [-0.2, 0) is 20.8 Å². The minimum Gasteiger partial charge on any atom is -0.380 e. The lowest BCUT2D eigenvalue weighted by atomic mass is 9.73. The van der Waals surface area contributed by atoms with Crippen molar-refractivity contribution in [1.82, 2.24) is 4.90 Å². The monoisotopic (exact) mass is 583 g/mol. The molecule has 12 heteroatoms. The maximum atomic E-state index is 15.4. The van der Waals surface area contributed by atoms with Gasteiger partial charge in [-0.25, -0.2) is 12.8 Å². The highest BCUT2D eigenvalue weighted by Crippen LogP contribution is 2.54. The van der Waals surface area contributed by atoms with Gasteiger partial charge in [-0.1, -0.05) is 6.07 Å². The Hall–Kier alpha value is -3.15.